The van der Waals surface area contributed by atoms with Gasteiger partial charge in [-0.25, -0.2) is 0 Å². The Hall–Kier alpha value is -1.62. The number of rotatable bonds is 4. The van der Waals surface area contributed by atoms with Crippen molar-refractivity contribution in [3.8, 4) is 0 Å². The zero-order chi connectivity index (χ0) is 14.5. The molecule has 110 valence electrons. The number of aryl methyl sites for hydroxylation is 1. The summed E-state index contributed by atoms with van der Waals surface area (Å²) >= 11 is 0. The molecule has 1 aliphatic rings. The summed E-state index contributed by atoms with van der Waals surface area (Å²) in [5.41, 5.74) is 6.70. The number of pyridine rings is 1. The number of carbonyl (C=O) groups excluding carboxylic acids is 1. The standard InChI is InChI=1S/C15H23N3O2/c1-11-7-8-12(9-16)15(20)18(11)10-14(19)17-13-5-3-2-4-6-13/h7-8,13H,2-6,9-10,16H2,1H3,(H,17,19). The van der Waals surface area contributed by atoms with E-state index in [1.165, 1.54) is 23.8 Å². The van der Waals surface area contributed by atoms with Gasteiger partial charge in [-0.2, -0.15) is 0 Å². The lowest BCUT2D eigenvalue weighted by Crippen LogP contribution is -2.40. The molecule has 1 fully saturated rings. The molecule has 0 radical (unpaired) electrons. The second-order valence-corrected chi connectivity index (χ2v) is 5.50. The van der Waals surface area contributed by atoms with Crippen molar-refractivity contribution in [3.05, 3.63) is 33.7 Å². The number of nitrogens with one attached hydrogen (secondary N) is 1. The maximum Gasteiger partial charge on any atom is 0.255 e. The van der Waals surface area contributed by atoms with E-state index in [-0.39, 0.29) is 30.6 Å². The minimum atomic E-state index is -0.161. The van der Waals surface area contributed by atoms with E-state index in [2.05, 4.69) is 5.32 Å². The fourth-order valence-corrected chi connectivity index (χ4v) is 2.73. The lowest BCUT2D eigenvalue weighted by atomic mass is 9.95. The molecular weight excluding hydrogens is 254 g/mol. The van der Waals surface area contributed by atoms with Crippen molar-refractivity contribution in [2.24, 2.45) is 5.73 Å². The van der Waals surface area contributed by atoms with E-state index in [1.807, 2.05) is 13.0 Å². The summed E-state index contributed by atoms with van der Waals surface area (Å²) in [4.78, 5) is 24.2. The van der Waals surface area contributed by atoms with Gasteiger partial charge in [0.25, 0.3) is 5.56 Å². The maximum absolute atomic E-state index is 12.2. The Morgan fingerprint density at radius 3 is 2.70 bits per heavy atom. The lowest BCUT2D eigenvalue weighted by Gasteiger charge is -2.23. The quantitative estimate of drug-likeness (QED) is 0.864. The van der Waals surface area contributed by atoms with Gasteiger partial charge in [0.15, 0.2) is 0 Å². The van der Waals surface area contributed by atoms with E-state index in [9.17, 15) is 9.59 Å². The van der Waals surface area contributed by atoms with Crippen LogP contribution >= 0.6 is 0 Å². The van der Waals surface area contributed by atoms with Gasteiger partial charge in [0.2, 0.25) is 5.91 Å². The van der Waals surface area contributed by atoms with Crippen LogP contribution in [0.5, 0.6) is 0 Å². The van der Waals surface area contributed by atoms with Crippen LogP contribution in [-0.4, -0.2) is 16.5 Å². The Labute approximate surface area is 119 Å². The highest BCUT2D eigenvalue weighted by atomic mass is 16.2. The Kier molecular flexibility index (Phi) is 4.95. The van der Waals surface area contributed by atoms with Crippen molar-refractivity contribution >= 4 is 5.91 Å². The van der Waals surface area contributed by atoms with Crippen LogP contribution in [0.2, 0.25) is 0 Å². The van der Waals surface area contributed by atoms with Gasteiger partial charge in [0, 0.05) is 23.8 Å². The van der Waals surface area contributed by atoms with Gasteiger partial charge in [-0.05, 0) is 25.8 Å². The summed E-state index contributed by atoms with van der Waals surface area (Å²) in [6.07, 6.45) is 5.69. The second-order valence-electron chi connectivity index (χ2n) is 5.50. The van der Waals surface area contributed by atoms with E-state index in [0.717, 1.165) is 18.5 Å². The van der Waals surface area contributed by atoms with Gasteiger partial charge in [-0.1, -0.05) is 25.3 Å². The first kappa shape index (κ1) is 14.8. The molecule has 0 saturated heterocycles. The van der Waals surface area contributed by atoms with Crippen LogP contribution in [0.25, 0.3) is 0 Å². The monoisotopic (exact) mass is 277 g/mol. The molecule has 1 amide bonds. The summed E-state index contributed by atoms with van der Waals surface area (Å²) in [6, 6.07) is 3.83. The van der Waals surface area contributed by atoms with Gasteiger partial charge in [0.1, 0.15) is 6.54 Å². The fraction of sp³-hybridized carbons (Fsp3) is 0.600. The minimum absolute atomic E-state index is 0.0784. The smallest absolute Gasteiger partial charge is 0.255 e. The molecule has 0 unspecified atom stereocenters. The molecule has 1 aromatic rings. The van der Waals surface area contributed by atoms with Crippen LogP contribution in [-0.2, 0) is 17.9 Å². The van der Waals surface area contributed by atoms with Gasteiger partial charge in [-0.15, -0.1) is 0 Å². The number of carbonyl (C=O) groups is 1. The van der Waals surface area contributed by atoms with E-state index in [4.69, 9.17) is 5.73 Å². The normalized spacial score (nSPS) is 16.1. The number of aromatic nitrogens is 1. The van der Waals surface area contributed by atoms with Crippen molar-refractivity contribution in [2.45, 2.75) is 58.2 Å². The van der Waals surface area contributed by atoms with Crippen LogP contribution in [0.15, 0.2) is 16.9 Å². The molecule has 0 aromatic carbocycles. The largest absolute Gasteiger partial charge is 0.352 e. The topological polar surface area (TPSA) is 77.1 Å². The summed E-state index contributed by atoms with van der Waals surface area (Å²) in [6.45, 7) is 2.11. The predicted molar refractivity (Wildman–Crippen MR) is 78.3 cm³/mol. The van der Waals surface area contributed by atoms with Gasteiger partial charge in [0.05, 0.1) is 0 Å². The van der Waals surface area contributed by atoms with E-state index >= 15 is 0 Å². The molecule has 20 heavy (non-hydrogen) atoms. The van der Waals surface area contributed by atoms with Gasteiger partial charge >= 0.3 is 0 Å². The first-order valence-corrected chi connectivity index (χ1v) is 7.30. The molecule has 5 heteroatoms. The van der Waals surface area contributed by atoms with Gasteiger partial charge < -0.3 is 15.6 Å². The molecule has 3 N–H and O–H groups in total. The van der Waals surface area contributed by atoms with E-state index in [1.54, 1.807) is 6.07 Å². The SMILES string of the molecule is Cc1ccc(CN)c(=O)n1CC(=O)NC1CCCCC1. The molecule has 1 heterocycles. The maximum atomic E-state index is 12.2. The summed E-state index contributed by atoms with van der Waals surface area (Å²) in [7, 11) is 0. The second kappa shape index (κ2) is 6.70. The van der Waals surface area contributed by atoms with E-state index < -0.39 is 0 Å². The average molecular weight is 277 g/mol. The first-order valence-electron chi connectivity index (χ1n) is 7.30. The molecule has 0 spiro atoms. The van der Waals surface area contributed by atoms with Crippen LogP contribution in [0.3, 0.4) is 0 Å². The highest BCUT2D eigenvalue weighted by molar-refractivity contribution is 5.76. The van der Waals surface area contributed by atoms with Crippen LogP contribution in [0, 0.1) is 6.92 Å². The van der Waals surface area contributed by atoms with Crippen LogP contribution < -0.4 is 16.6 Å². The fourth-order valence-electron chi connectivity index (χ4n) is 2.73. The first-order chi connectivity index (χ1) is 9.61. The molecule has 1 aromatic heterocycles. The molecule has 1 aliphatic carbocycles. The third kappa shape index (κ3) is 3.48. The Balaban J connectivity index is 2.05. The molecule has 0 bridgehead atoms. The van der Waals surface area contributed by atoms with Gasteiger partial charge in [-0.3, -0.25) is 9.59 Å². The summed E-state index contributed by atoms with van der Waals surface area (Å²) < 4.78 is 1.50. The third-order valence-electron chi connectivity index (χ3n) is 3.96. The third-order valence-corrected chi connectivity index (χ3v) is 3.96. The van der Waals surface area contributed by atoms with E-state index in [0.29, 0.717) is 5.56 Å². The number of amides is 1. The zero-order valence-electron chi connectivity index (χ0n) is 12.0. The summed E-state index contributed by atoms with van der Waals surface area (Å²) in [5, 5.41) is 3.03. The number of hydrogen-bond acceptors (Lipinski definition) is 3. The van der Waals surface area contributed by atoms with Crippen molar-refractivity contribution in [1.29, 1.82) is 0 Å². The Bertz CT molecular complexity index is 530. The molecule has 0 atom stereocenters. The number of hydrogen-bond donors (Lipinski definition) is 2. The predicted octanol–water partition coefficient (Wildman–Crippen LogP) is 1.06. The van der Waals surface area contributed by atoms with Crippen molar-refractivity contribution in [3.63, 3.8) is 0 Å². The Morgan fingerprint density at radius 2 is 2.05 bits per heavy atom. The number of nitrogens with zero attached hydrogens (tertiary/aromatic N) is 1. The lowest BCUT2D eigenvalue weighted by molar-refractivity contribution is -0.122. The van der Waals surface area contributed by atoms with Crippen LogP contribution in [0.4, 0.5) is 0 Å². The highest BCUT2D eigenvalue weighted by Gasteiger charge is 2.16. The Morgan fingerprint density at radius 1 is 1.35 bits per heavy atom. The molecule has 5 nitrogen and oxygen atoms in total. The minimum Gasteiger partial charge on any atom is -0.352 e. The zero-order valence-corrected chi connectivity index (χ0v) is 12.0. The van der Waals surface area contributed by atoms with Crippen molar-refractivity contribution in [1.82, 2.24) is 9.88 Å². The number of nitrogens with two attached hydrogens (primary N) is 1. The average Bonchev–Trinajstić information content (AvgIpc) is 2.45. The summed E-state index contributed by atoms with van der Waals surface area (Å²) in [5.74, 6) is -0.0868. The molecule has 1 saturated carbocycles. The molecule has 0 aliphatic heterocycles. The van der Waals surface area contributed by atoms with Crippen LogP contribution in [0.1, 0.15) is 43.4 Å². The van der Waals surface area contributed by atoms with Crippen molar-refractivity contribution in [2.75, 3.05) is 0 Å². The molecule has 2 rings (SSSR count). The highest BCUT2D eigenvalue weighted by Crippen LogP contribution is 2.17. The molecular formula is C15H23N3O2. The van der Waals surface area contributed by atoms with Crippen molar-refractivity contribution < 1.29 is 4.79 Å².